The number of fused-ring (bicyclic) bond motifs is 2. The largest absolute Gasteiger partial charge is 0.369 e. The van der Waals surface area contributed by atoms with Crippen LogP contribution in [0.4, 0.5) is 0 Å². The van der Waals surface area contributed by atoms with Gasteiger partial charge in [-0.15, -0.1) is 0 Å². The molecule has 3 amide bonds. The Kier molecular flexibility index (Phi) is 5.98. The summed E-state index contributed by atoms with van der Waals surface area (Å²) in [5.74, 6) is -0.765. The summed E-state index contributed by atoms with van der Waals surface area (Å²) in [7, 11) is 2.05. The predicted octanol–water partition coefficient (Wildman–Crippen LogP) is 4.11. The Morgan fingerprint density at radius 3 is 2.29 bits per heavy atom. The second-order valence-corrected chi connectivity index (χ2v) is 10.2. The first-order valence-electron chi connectivity index (χ1n) is 13.1. The van der Waals surface area contributed by atoms with Crippen LogP contribution in [-0.4, -0.2) is 51.7 Å². The van der Waals surface area contributed by atoms with Crippen LogP contribution in [0, 0.1) is 5.92 Å². The van der Waals surface area contributed by atoms with Crippen LogP contribution in [0.1, 0.15) is 40.4 Å². The van der Waals surface area contributed by atoms with Gasteiger partial charge in [0.25, 0.3) is 5.91 Å². The molecule has 0 aliphatic carbocycles. The van der Waals surface area contributed by atoms with Crippen LogP contribution < -0.4 is 5.73 Å². The molecule has 1 aromatic heterocycles. The molecule has 0 radical (unpaired) electrons. The molecule has 7 heteroatoms. The van der Waals surface area contributed by atoms with Gasteiger partial charge < -0.3 is 20.1 Å². The van der Waals surface area contributed by atoms with Crippen molar-refractivity contribution in [3.05, 3.63) is 95.6 Å². The van der Waals surface area contributed by atoms with Gasteiger partial charge in [0.15, 0.2) is 0 Å². The highest BCUT2D eigenvalue weighted by Crippen LogP contribution is 2.46. The number of hydrogen-bond donors (Lipinski definition) is 1. The summed E-state index contributed by atoms with van der Waals surface area (Å²) in [4.78, 5) is 42.4. The molecule has 0 saturated carbocycles. The number of carbonyl (C=O) groups is 3. The zero-order valence-corrected chi connectivity index (χ0v) is 21.3. The van der Waals surface area contributed by atoms with Crippen molar-refractivity contribution in [3.63, 3.8) is 0 Å². The van der Waals surface area contributed by atoms with E-state index in [0.29, 0.717) is 31.5 Å². The maximum absolute atomic E-state index is 13.8. The van der Waals surface area contributed by atoms with E-state index in [1.807, 2.05) is 54.6 Å². The van der Waals surface area contributed by atoms with Crippen molar-refractivity contribution in [3.8, 4) is 11.3 Å². The van der Waals surface area contributed by atoms with Gasteiger partial charge in [-0.2, -0.15) is 0 Å². The fourth-order valence-corrected chi connectivity index (χ4v) is 6.15. The van der Waals surface area contributed by atoms with E-state index < -0.39 is 6.04 Å². The number of aryl methyl sites for hydroxylation is 1. The third-order valence-corrected chi connectivity index (χ3v) is 8.08. The lowest BCUT2D eigenvalue weighted by Crippen LogP contribution is -2.46. The van der Waals surface area contributed by atoms with Gasteiger partial charge in [-0.1, -0.05) is 66.7 Å². The molecule has 2 aliphatic heterocycles. The molecule has 6 rings (SSSR count). The smallest absolute Gasteiger partial charge is 0.255 e. The number of carbonyl (C=O) groups excluding carboxylic acids is 3. The normalized spacial score (nSPS) is 17.7. The van der Waals surface area contributed by atoms with Crippen molar-refractivity contribution in [2.45, 2.75) is 18.9 Å². The second-order valence-electron chi connectivity index (χ2n) is 10.2. The monoisotopic (exact) mass is 506 g/mol. The quantitative estimate of drug-likeness (QED) is 0.442. The summed E-state index contributed by atoms with van der Waals surface area (Å²) in [5, 5.41) is 1.06. The van der Waals surface area contributed by atoms with Crippen molar-refractivity contribution < 1.29 is 14.4 Å². The number of nitrogens with two attached hydrogens (primary N) is 1. The molecule has 2 aliphatic rings. The number of para-hydroxylation sites is 1. The highest BCUT2D eigenvalue weighted by Gasteiger charge is 2.42. The van der Waals surface area contributed by atoms with E-state index >= 15 is 0 Å². The van der Waals surface area contributed by atoms with Gasteiger partial charge in [-0.05, 0) is 36.1 Å². The fourth-order valence-electron chi connectivity index (χ4n) is 6.15. The summed E-state index contributed by atoms with van der Waals surface area (Å²) in [5.41, 5.74) is 11.2. The van der Waals surface area contributed by atoms with Crippen LogP contribution in [0.15, 0.2) is 78.9 Å². The number of rotatable bonds is 5. The van der Waals surface area contributed by atoms with Gasteiger partial charge >= 0.3 is 0 Å². The second kappa shape index (κ2) is 9.49. The zero-order valence-electron chi connectivity index (χ0n) is 21.3. The molecule has 1 fully saturated rings. The van der Waals surface area contributed by atoms with Gasteiger partial charge in [0.1, 0.15) is 6.54 Å². The first-order valence-corrected chi connectivity index (χ1v) is 13.1. The van der Waals surface area contributed by atoms with Gasteiger partial charge in [-0.25, -0.2) is 0 Å². The number of aromatic nitrogens is 1. The number of nitrogens with zero attached hydrogens (tertiary/aromatic N) is 3. The minimum atomic E-state index is -0.410. The Labute approximate surface area is 221 Å². The number of primary amides is 1. The maximum atomic E-state index is 13.8. The summed E-state index contributed by atoms with van der Waals surface area (Å²) in [6.45, 7) is 0.905. The molecule has 192 valence electrons. The molecule has 1 saturated heterocycles. The Morgan fingerprint density at radius 2 is 1.55 bits per heavy atom. The Balaban J connectivity index is 1.45. The van der Waals surface area contributed by atoms with Gasteiger partial charge in [-0.3, -0.25) is 14.4 Å². The molecule has 7 nitrogen and oxygen atoms in total. The van der Waals surface area contributed by atoms with Crippen molar-refractivity contribution in [2.75, 3.05) is 19.6 Å². The summed E-state index contributed by atoms with van der Waals surface area (Å²) >= 11 is 0. The molecular formula is C31H30N4O3. The minimum absolute atomic E-state index is 0.0309. The molecule has 38 heavy (non-hydrogen) atoms. The molecular weight excluding hydrogens is 476 g/mol. The van der Waals surface area contributed by atoms with Gasteiger partial charge in [0, 0.05) is 48.1 Å². The van der Waals surface area contributed by atoms with Crippen LogP contribution in [0.2, 0.25) is 0 Å². The Hall–Kier alpha value is -4.39. The Bertz CT molecular complexity index is 1550. The lowest BCUT2D eigenvalue weighted by atomic mass is 9.93. The van der Waals surface area contributed by atoms with Crippen molar-refractivity contribution in [1.29, 1.82) is 0 Å². The number of benzene rings is 3. The molecule has 2 N–H and O–H groups in total. The fraction of sp³-hybridized carbons (Fsp3) is 0.258. The molecule has 3 heterocycles. The average Bonchev–Trinajstić information content (AvgIpc) is 3.39. The van der Waals surface area contributed by atoms with E-state index in [1.165, 1.54) is 0 Å². The lowest BCUT2D eigenvalue weighted by Gasteiger charge is -2.33. The third kappa shape index (κ3) is 3.86. The molecule has 0 unspecified atom stereocenters. The topological polar surface area (TPSA) is 88.6 Å². The van der Waals surface area contributed by atoms with Crippen molar-refractivity contribution in [2.24, 2.45) is 18.7 Å². The van der Waals surface area contributed by atoms with Crippen LogP contribution >= 0.6 is 0 Å². The molecule has 4 aromatic rings. The molecule has 3 aromatic carbocycles. The van der Waals surface area contributed by atoms with Crippen LogP contribution in [0.3, 0.4) is 0 Å². The number of likely N-dealkylation sites (tertiary alicyclic amines) is 1. The van der Waals surface area contributed by atoms with E-state index in [-0.39, 0.29) is 30.2 Å². The zero-order chi connectivity index (χ0) is 26.4. The first kappa shape index (κ1) is 24.0. The van der Waals surface area contributed by atoms with E-state index in [2.05, 4.69) is 35.9 Å². The van der Waals surface area contributed by atoms with E-state index in [0.717, 1.165) is 33.3 Å². The van der Waals surface area contributed by atoms with Crippen LogP contribution in [-0.2, 0) is 16.6 Å². The molecule has 0 spiro atoms. The van der Waals surface area contributed by atoms with E-state index in [9.17, 15) is 14.4 Å². The minimum Gasteiger partial charge on any atom is -0.369 e. The number of amides is 3. The SMILES string of the molecule is Cn1c(-c2ccccc2)c([C@@H]2c3ccccc3C(=O)N2CC(=O)N2CCC(C(N)=O)CC2)c2ccccc21. The maximum Gasteiger partial charge on any atom is 0.255 e. The summed E-state index contributed by atoms with van der Waals surface area (Å²) in [6, 6.07) is 25.7. The van der Waals surface area contributed by atoms with Crippen molar-refractivity contribution in [1.82, 2.24) is 14.4 Å². The highest BCUT2D eigenvalue weighted by atomic mass is 16.2. The Morgan fingerprint density at radius 1 is 0.895 bits per heavy atom. The van der Waals surface area contributed by atoms with Crippen molar-refractivity contribution >= 4 is 28.6 Å². The third-order valence-electron chi connectivity index (χ3n) is 8.08. The van der Waals surface area contributed by atoms with Crippen LogP contribution in [0.5, 0.6) is 0 Å². The van der Waals surface area contributed by atoms with E-state index in [1.54, 1.807) is 9.80 Å². The molecule has 1 atom stereocenters. The summed E-state index contributed by atoms with van der Waals surface area (Å²) < 4.78 is 2.18. The van der Waals surface area contributed by atoms with E-state index in [4.69, 9.17) is 5.73 Å². The molecule has 0 bridgehead atoms. The average molecular weight is 507 g/mol. The first-order chi connectivity index (χ1) is 18.5. The van der Waals surface area contributed by atoms with Gasteiger partial charge in [0.05, 0.1) is 11.7 Å². The predicted molar refractivity (Wildman–Crippen MR) is 146 cm³/mol. The number of hydrogen-bond acceptors (Lipinski definition) is 3. The lowest BCUT2D eigenvalue weighted by molar-refractivity contribution is -0.135. The summed E-state index contributed by atoms with van der Waals surface area (Å²) in [6.07, 6.45) is 1.11. The van der Waals surface area contributed by atoms with Crippen LogP contribution in [0.25, 0.3) is 22.2 Å². The van der Waals surface area contributed by atoms with Gasteiger partial charge in [0.2, 0.25) is 11.8 Å². The number of piperidine rings is 1. The standard InChI is InChI=1S/C31H30N4O3/c1-33-25-14-8-7-13-24(25)27(28(33)20-9-3-2-4-10-20)29-22-11-5-6-12-23(22)31(38)35(29)19-26(36)34-17-15-21(16-18-34)30(32)37/h2-14,21,29H,15-19H2,1H3,(H2,32,37)/t29-/m0/s1. The highest BCUT2D eigenvalue weighted by molar-refractivity contribution is 6.03.